The summed E-state index contributed by atoms with van der Waals surface area (Å²) in [7, 11) is 0. The number of rotatable bonds is 2. The van der Waals surface area contributed by atoms with E-state index in [0.717, 1.165) is 12.1 Å². The summed E-state index contributed by atoms with van der Waals surface area (Å²) in [6.45, 7) is 0. The molecule has 0 fully saturated rings. The van der Waals surface area contributed by atoms with Gasteiger partial charge in [0.2, 0.25) is 5.82 Å². The molecule has 0 atom stereocenters. The van der Waals surface area contributed by atoms with Crippen LogP contribution < -0.4 is 0 Å². The summed E-state index contributed by atoms with van der Waals surface area (Å²) in [6, 6.07) is 4.97. The molecule has 0 bridgehead atoms. The van der Waals surface area contributed by atoms with E-state index >= 15 is 0 Å². The third-order valence-electron chi connectivity index (χ3n) is 2.58. The Kier molecular flexibility index (Phi) is 2.94. The van der Waals surface area contributed by atoms with Crippen molar-refractivity contribution in [1.29, 1.82) is 0 Å². The quantitative estimate of drug-likeness (QED) is 0.675. The Labute approximate surface area is 110 Å². The van der Waals surface area contributed by atoms with E-state index < -0.39 is 17.5 Å². The SMILES string of the molecule is Fc1cc(-c2nc(-c3cccnc3)no2)cc(F)c1F. The van der Waals surface area contributed by atoms with Gasteiger partial charge < -0.3 is 4.52 Å². The molecule has 0 radical (unpaired) electrons. The van der Waals surface area contributed by atoms with E-state index in [2.05, 4.69) is 15.1 Å². The fraction of sp³-hybridized carbons (Fsp3) is 0. The minimum atomic E-state index is -1.54. The van der Waals surface area contributed by atoms with Gasteiger partial charge in [0, 0.05) is 23.5 Å². The zero-order chi connectivity index (χ0) is 14.1. The summed E-state index contributed by atoms with van der Waals surface area (Å²) in [5, 5.41) is 3.68. The van der Waals surface area contributed by atoms with Gasteiger partial charge in [-0.15, -0.1) is 0 Å². The number of benzene rings is 1. The van der Waals surface area contributed by atoms with Crippen molar-refractivity contribution in [2.24, 2.45) is 0 Å². The van der Waals surface area contributed by atoms with E-state index in [0.29, 0.717) is 5.56 Å². The van der Waals surface area contributed by atoms with Crippen LogP contribution in [-0.4, -0.2) is 15.1 Å². The number of aromatic nitrogens is 3. The van der Waals surface area contributed by atoms with E-state index in [1.54, 1.807) is 18.3 Å². The summed E-state index contributed by atoms with van der Waals surface area (Å²) in [6.07, 6.45) is 3.09. The first-order valence-corrected chi connectivity index (χ1v) is 5.54. The lowest BCUT2D eigenvalue weighted by Gasteiger charge is -1.97. The Morgan fingerprint density at radius 1 is 1.00 bits per heavy atom. The maximum atomic E-state index is 13.1. The summed E-state index contributed by atoms with van der Waals surface area (Å²) in [4.78, 5) is 7.88. The van der Waals surface area contributed by atoms with Crippen LogP contribution in [0.4, 0.5) is 13.2 Å². The highest BCUT2D eigenvalue weighted by Gasteiger charge is 2.16. The molecular formula is C13H6F3N3O. The van der Waals surface area contributed by atoms with Gasteiger partial charge in [0.15, 0.2) is 17.5 Å². The third-order valence-corrected chi connectivity index (χ3v) is 2.58. The van der Waals surface area contributed by atoms with Gasteiger partial charge in [-0.25, -0.2) is 13.2 Å². The van der Waals surface area contributed by atoms with Crippen molar-refractivity contribution in [3.05, 3.63) is 54.1 Å². The van der Waals surface area contributed by atoms with E-state index in [1.807, 2.05) is 0 Å². The zero-order valence-electron chi connectivity index (χ0n) is 9.85. The molecule has 20 heavy (non-hydrogen) atoms. The van der Waals surface area contributed by atoms with E-state index in [-0.39, 0.29) is 17.3 Å². The molecule has 0 amide bonds. The molecule has 3 aromatic rings. The second-order valence-corrected chi connectivity index (χ2v) is 3.92. The minimum Gasteiger partial charge on any atom is -0.334 e. The van der Waals surface area contributed by atoms with Gasteiger partial charge in [-0.2, -0.15) is 4.98 Å². The summed E-state index contributed by atoms with van der Waals surface area (Å²) in [5.41, 5.74) is 0.551. The number of halogens is 3. The normalized spacial score (nSPS) is 10.8. The summed E-state index contributed by atoms with van der Waals surface area (Å²) >= 11 is 0. The first-order valence-electron chi connectivity index (χ1n) is 5.54. The van der Waals surface area contributed by atoms with Gasteiger partial charge in [-0.05, 0) is 24.3 Å². The molecule has 0 aliphatic carbocycles. The largest absolute Gasteiger partial charge is 0.334 e. The lowest BCUT2D eigenvalue weighted by molar-refractivity contribution is 0.427. The first-order chi connectivity index (χ1) is 9.65. The molecule has 2 aromatic heterocycles. The van der Waals surface area contributed by atoms with Crippen molar-refractivity contribution in [1.82, 2.24) is 15.1 Å². The molecule has 3 rings (SSSR count). The zero-order valence-corrected chi connectivity index (χ0v) is 9.85. The topological polar surface area (TPSA) is 51.8 Å². The highest BCUT2D eigenvalue weighted by Crippen LogP contribution is 2.24. The summed E-state index contributed by atoms with van der Waals surface area (Å²) in [5.74, 6) is -4.07. The van der Waals surface area contributed by atoms with Crippen LogP contribution in [0, 0.1) is 17.5 Å². The molecular weight excluding hydrogens is 271 g/mol. The number of hydrogen-bond acceptors (Lipinski definition) is 4. The predicted molar refractivity (Wildman–Crippen MR) is 62.8 cm³/mol. The van der Waals surface area contributed by atoms with Crippen LogP contribution in [0.1, 0.15) is 0 Å². The van der Waals surface area contributed by atoms with E-state index in [4.69, 9.17) is 4.52 Å². The van der Waals surface area contributed by atoms with Gasteiger partial charge in [0.1, 0.15) is 0 Å². The van der Waals surface area contributed by atoms with Gasteiger partial charge in [0.05, 0.1) is 0 Å². The van der Waals surface area contributed by atoms with Crippen LogP contribution >= 0.6 is 0 Å². The van der Waals surface area contributed by atoms with Crippen molar-refractivity contribution in [2.45, 2.75) is 0 Å². The molecule has 0 aliphatic rings. The van der Waals surface area contributed by atoms with Gasteiger partial charge >= 0.3 is 0 Å². The standard InChI is InChI=1S/C13H6F3N3O/c14-9-4-8(5-10(15)11(9)16)13-18-12(19-20-13)7-2-1-3-17-6-7/h1-6H. The number of pyridine rings is 1. The molecule has 0 N–H and O–H groups in total. The highest BCUT2D eigenvalue weighted by atomic mass is 19.2. The third kappa shape index (κ3) is 2.13. The Morgan fingerprint density at radius 3 is 2.40 bits per heavy atom. The maximum Gasteiger partial charge on any atom is 0.258 e. The molecule has 0 aliphatic heterocycles. The Hall–Kier alpha value is -2.70. The minimum absolute atomic E-state index is 0.0379. The lowest BCUT2D eigenvalue weighted by atomic mass is 10.2. The Balaban J connectivity index is 2.03. The number of hydrogen-bond donors (Lipinski definition) is 0. The van der Waals surface area contributed by atoms with Crippen LogP contribution in [0.5, 0.6) is 0 Å². The van der Waals surface area contributed by atoms with Gasteiger partial charge in [-0.1, -0.05) is 5.16 Å². The Bertz CT molecular complexity index is 736. The molecule has 100 valence electrons. The fourth-order valence-electron chi connectivity index (χ4n) is 1.63. The second kappa shape index (κ2) is 4.76. The van der Waals surface area contributed by atoms with Crippen LogP contribution in [0.15, 0.2) is 41.2 Å². The van der Waals surface area contributed by atoms with Crippen LogP contribution in [0.25, 0.3) is 22.8 Å². The predicted octanol–water partition coefficient (Wildman–Crippen LogP) is 3.22. The van der Waals surface area contributed by atoms with Crippen molar-refractivity contribution in [3.63, 3.8) is 0 Å². The molecule has 0 spiro atoms. The smallest absolute Gasteiger partial charge is 0.258 e. The van der Waals surface area contributed by atoms with Crippen molar-refractivity contribution < 1.29 is 17.7 Å². The van der Waals surface area contributed by atoms with Gasteiger partial charge in [0.25, 0.3) is 5.89 Å². The lowest BCUT2D eigenvalue weighted by Crippen LogP contribution is -1.92. The monoisotopic (exact) mass is 277 g/mol. The molecule has 0 saturated heterocycles. The van der Waals surface area contributed by atoms with Crippen LogP contribution in [0.3, 0.4) is 0 Å². The maximum absolute atomic E-state index is 13.1. The summed E-state index contributed by atoms with van der Waals surface area (Å²) < 4.78 is 44.1. The average Bonchev–Trinajstić information content (AvgIpc) is 2.95. The van der Waals surface area contributed by atoms with Crippen molar-refractivity contribution >= 4 is 0 Å². The van der Waals surface area contributed by atoms with E-state index in [1.165, 1.54) is 6.20 Å². The molecule has 4 nitrogen and oxygen atoms in total. The highest BCUT2D eigenvalue weighted by molar-refractivity contribution is 5.59. The average molecular weight is 277 g/mol. The molecule has 0 saturated carbocycles. The number of nitrogens with zero attached hydrogens (tertiary/aromatic N) is 3. The molecule has 1 aromatic carbocycles. The van der Waals surface area contributed by atoms with Crippen LogP contribution in [0.2, 0.25) is 0 Å². The van der Waals surface area contributed by atoms with E-state index in [9.17, 15) is 13.2 Å². The van der Waals surface area contributed by atoms with Crippen molar-refractivity contribution in [2.75, 3.05) is 0 Å². The van der Waals surface area contributed by atoms with Crippen molar-refractivity contribution in [3.8, 4) is 22.8 Å². The molecule has 2 heterocycles. The van der Waals surface area contributed by atoms with Gasteiger partial charge in [-0.3, -0.25) is 4.98 Å². The Morgan fingerprint density at radius 2 is 1.75 bits per heavy atom. The molecule has 0 unspecified atom stereocenters. The molecule has 7 heteroatoms. The second-order valence-electron chi connectivity index (χ2n) is 3.92. The van der Waals surface area contributed by atoms with Crippen LogP contribution in [-0.2, 0) is 0 Å². The first kappa shape index (κ1) is 12.3. The fourth-order valence-corrected chi connectivity index (χ4v) is 1.63.